The van der Waals surface area contributed by atoms with Crippen LogP contribution in [0, 0.1) is 0 Å². The van der Waals surface area contributed by atoms with Gasteiger partial charge in [-0.1, -0.05) is 0 Å². The summed E-state index contributed by atoms with van der Waals surface area (Å²) >= 11 is 3.16. The van der Waals surface area contributed by atoms with E-state index in [1.807, 2.05) is 0 Å². The maximum absolute atomic E-state index is 10.6. The average Bonchev–Trinajstić information content (AvgIpc) is 2.19. The maximum Gasteiger partial charge on any atom is 0.220 e. The van der Waals surface area contributed by atoms with Gasteiger partial charge in [-0.15, -0.1) is 0 Å². The van der Waals surface area contributed by atoms with Crippen molar-refractivity contribution in [2.24, 2.45) is 5.73 Å². The summed E-state index contributed by atoms with van der Waals surface area (Å²) in [5.41, 5.74) is 10.7. The lowest BCUT2D eigenvalue weighted by atomic mass is 10.0. The molecule has 0 radical (unpaired) electrons. The Bertz CT molecular complexity index is 400. The van der Waals surface area contributed by atoms with Crippen molar-refractivity contribution >= 4 is 27.7 Å². The van der Waals surface area contributed by atoms with E-state index in [4.69, 9.17) is 11.5 Å². The molecule has 1 amide bonds. The van der Waals surface area contributed by atoms with Gasteiger partial charge in [0.05, 0.1) is 12.5 Å². The van der Waals surface area contributed by atoms with Gasteiger partial charge in [0.1, 0.15) is 11.9 Å². The van der Waals surface area contributed by atoms with Crippen molar-refractivity contribution in [3.05, 3.63) is 22.3 Å². The Hall–Kier alpha value is -1.18. The minimum absolute atomic E-state index is 0.0965. The van der Waals surface area contributed by atoms with Gasteiger partial charge in [-0.3, -0.25) is 4.79 Å². The Labute approximate surface area is 100 Å². The molecule has 0 saturated heterocycles. The van der Waals surface area contributed by atoms with Crippen LogP contribution in [0.3, 0.4) is 0 Å². The lowest BCUT2D eigenvalue weighted by Gasteiger charge is -2.18. The number of pyridine rings is 1. The van der Waals surface area contributed by atoms with Crippen LogP contribution in [0.2, 0.25) is 0 Å². The molecule has 0 aromatic carbocycles. The molecule has 6 N–H and O–H groups in total. The zero-order valence-corrected chi connectivity index (χ0v) is 9.89. The third-order valence-electron chi connectivity index (χ3n) is 2.01. The second kappa shape index (κ2) is 5.24. The number of aromatic nitrogens is 1. The fraction of sp³-hybridized carbons (Fsp3) is 0.333. The minimum Gasteiger partial charge on any atom is -0.390 e. The van der Waals surface area contributed by atoms with Crippen LogP contribution in [-0.2, 0) is 4.79 Å². The predicted molar refractivity (Wildman–Crippen MR) is 61.1 cm³/mol. The fourth-order valence-corrected chi connectivity index (χ4v) is 1.58. The molecule has 1 rings (SSSR count). The number of hydrogen-bond donors (Lipinski definition) is 4. The maximum atomic E-state index is 10.6. The highest BCUT2D eigenvalue weighted by molar-refractivity contribution is 9.10. The molecule has 0 spiro atoms. The first-order chi connectivity index (χ1) is 7.41. The van der Waals surface area contributed by atoms with E-state index in [9.17, 15) is 15.0 Å². The molecule has 0 saturated carbocycles. The van der Waals surface area contributed by atoms with Crippen molar-refractivity contribution in [2.45, 2.75) is 18.6 Å². The zero-order valence-electron chi connectivity index (χ0n) is 8.30. The van der Waals surface area contributed by atoms with Gasteiger partial charge < -0.3 is 21.7 Å². The van der Waals surface area contributed by atoms with E-state index < -0.39 is 18.1 Å². The molecule has 0 aliphatic carbocycles. The third-order valence-corrected chi connectivity index (χ3v) is 2.44. The van der Waals surface area contributed by atoms with Crippen LogP contribution in [0.15, 0.2) is 16.7 Å². The predicted octanol–water partition coefficient (Wildman–Crippen LogP) is -0.304. The second-order valence-electron chi connectivity index (χ2n) is 3.31. The van der Waals surface area contributed by atoms with Crippen molar-refractivity contribution in [2.75, 3.05) is 5.73 Å². The number of aliphatic hydroxyl groups excluding tert-OH is 2. The molecular formula is C9H12BrN3O3. The smallest absolute Gasteiger partial charge is 0.220 e. The van der Waals surface area contributed by atoms with Crippen LogP contribution in [0.1, 0.15) is 18.1 Å². The number of hydrogen-bond acceptors (Lipinski definition) is 5. The van der Waals surface area contributed by atoms with Gasteiger partial charge in [-0.05, 0) is 22.0 Å². The Kier molecular flexibility index (Phi) is 4.22. The molecule has 1 heterocycles. The number of primary amides is 1. The summed E-state index contributed by atoms with van der Waals surface area (Å²) in [6.07, 6.45) is -1.47. The number of nitrogens with zero attached hydrogens (tertiary/aromatic N) is 1. The highest BCUT2D eigenvalue weighted by Crippen LogP contribution is 2.25. The van der Waals surface area contributed by atoms with Gasteiger partial charge in [0.2, 0.25) is 5.91 Å². The average molecular weight is 290 g/mol. The summed E-state index contributed by atoms with van der Waals surface area (Å²) in [7, 11) is 0. The van der Waals surface area contributed by atoms with Crippen LogP contribution in [0.5, 0.6) is 0 Å². The van der Waals surface area contributed by atoms with Crippen molar-refractivity contribution in [3.63, 3.8) is 0 Å². The van der Waals surface area contributed by atoms with Crippen LogP contribution >= 0.6 is 15.9 Å². The van der Waals surface area contributed by atoms with Gasteiger partial charge >= 0.3 is 0 Å². The van der Waals surface area contributed by atoms with Crippen molar-refractivity contribution in [1.29, 1.82) is 0 Å². The van der Waals surface area contributed by atoms with Crippen molar-refractivity contribution in [1.82, 2.24) is 4.98 Å². The number of amides is 1. The molecule has 2 unspecified atom stereocenters. The van der Waals surface area contributed by atoms with Crippen LogP contribution in [-0.4, -0.2) is 27.2 Å². The number of aliphatic hydroxyl groups is 2. The highest BCUT2D eigenvalue weighted by atomic mass is 79.9. The van der Waals surface area contributed by atoms with E-state index in [1.165, 1.54) is 12.3 Å². The fourth-order valence-electron chi connectivity index (χ4n) is 1.23. The van der Waals surface area contributed by atoms with Crippen molar-refractivity contribution < 1.29 is 15.0 Å². The number of nitrogen functional groups attached to an aromatic ring is 1. The first-order valence-electron chi connectivity index (χ1n) is 4.47. The van der Waals surface area contributed by atoms with Crippen molar-refractivity contribution in [3.8, 4) is 0 Å². The van der Waals surface area contributed by atoms with Gasteiger partial charge in [-0.2, -0.15) is 0 Å². The topological polar surface area (TPSA) is 122 Å². The van der Waals surface area contributed by atoms with Gasteiger partial charge in [0.25, 0.3) is 0 Å². The molecule has 0 fully saturated rings. The number of carbonyl (C=O) groups is 1. The van der Waals surface area contributed by atoms with E-state index in [-0.39, 0.29) is 17.8 Å². The van der Waals surface area contributed by atoms with Crippen LogP contribution < -0.4 is 11.5 Å². The SMILES string of the molecule is NC(=O)CC(O)C(O)c1cc(Br)cnc1N. The summed E-state index contributed by atoms with van der Waals surface area (Å²) in [6.45, 7) is 0. The summed E-state index contributed by atoms with van der Waals surface area (Å²) in [5.74, 6) is -0.604. The van der Waals surface area contributed by atoms with Crippen LogP contribution in [0.25, 0.3) is 0 Å². The number of anilines is 1. The van der Waals surface area contributed by atoms with Gasteiger partial charge in [0, 0.05) is 16.2 Å². The van der Waals surface area contributed by atoms with E-state index in [0.29, 0.717) is 4.47 Å². The van der Waals surface area contributed by atoms with E-state index in [2.05, 4.69) is 20.9 Å². The first-order valence-corrected chi connectivity index (χ1v) is 5.26. The second-order valence-corrected chi connectivity index (χ2v) is 4.23. The monoisotopic (exact) mass is 289 g/mol. The minimum atomic E-state index is -1.30. The standard InChI is InChI=1S/C9H12BrN3O3/c10-4-1-5(9(12)13-3-4)8(16)6(14)2-7(11)15/h1,3,6,8,14,16H,2H2,(H2,11,15)(H2,12,13). The van der Waals surface area contributed by atoms with E-state index in [1.54, 1.807) is 0 Å². The number of carbonyl (C=O) groups excluding carboxylic acids is 1. The summed E-state index contributed by atoms with van der Waals surface area (Å²) in [4.78, 5) is 14.4. The van der Waals surface area contributed by atoms with Gasteiger partial charge in [-0.25, -0.2) is 4.98 Å². The molecule has 16 heavy (non-hydrogen) atoms. The van der Waals surface area contributed by atoms with E-state index >= 15 is 0 Å². The Balaban J connectivity index is 2.90. The summed E-state index contributed by atoms with van der Waals surface area (Å²) in [6, 6.07) is 1.53. The largest absolute Gasteiger partial charge is 0.390 e. The molecular weight excluding hydrogens is 278 g/mol. The number of nitrogens with two attached hydrogens (primary N) is 2. The number of halogens is 1. The zero-order chi connectivity index (χ0) is 12.3. The molecule has 0 bridgehead atoms. The van der Waals surface area contributed by atoms with Crippen LogP contribution in [0.4, 0.5) is 5.82 Å². The first kappa shape index (κ1) is 12.9. The van der Waals surface area contributed by atoms with Gasteiger partial charge in [0.15, 0.2) is 0 Å². The molecule has 1 aromatic heterocycles. The Morgan fingerprint density at radius 1 is 1.56 bits per heavy atom. The molecule has 2 atom stereocenters. The normalized spacial score (nSPS) is 14.4. The Morgan fingerprint density at radius 2 is 2.19 bits per heavy atom. The number of rotatable bonds is 4. The highest BCUT2D eigenvalue weighted by Gasteiger charge is 2.22. The summed E-state index contributed by atoms with van der Waals surface area (Å²) < 4.78 is 0.613. The molecule has 0 aliphatic heterocycles. The Morgan fingerprint density at radius 3 is 2.75 bits per heavy atom. The van der Waals surface area contributed by atoms with E-state index in [0.717, 1.165) is 0 Å². The lowest BCUT2D eigenvalue weighted by molar-refractivity contribution is -0.121. The molecule has 6 nitrogen and oxygen atoms in total. The molecule has 7 heteroatoms. The summed E-state index contributed by atoms with van der Waals surface area (Å²) in [5, 5.41) is 19.3. The lowest BCUT2D eigenvalue weighted by Crippen LogP contribution is -2.26. The molecule has 0 aliphatic rings. The molecule has 88 valence electrons. The third kappa shape index (κ3) is 3.16. The quantitative estimate of drug-likeness (QED) is 0.606. The molecule has 1 aromatic rings.